The number of hydrogen-bond donors (Lipinski definition) is 0. The smallest absolute Gasteiger partial charge is 0.137 e. The second-order valence-electron chi connectivity index (χ2n) is 7.72. The molecule has 0 saturated heterocycles. The van der Waals surface area contributed by atoms with Crippen molar-refractivity contribution in [2.45, 2.75) is 37.6 Å². The molecule has 0 radical (unpaired) electrons. The SMILES string of the molecule is O=C(CCCCC1(c2ccccc2)N=CN=C1c1ccccc1)Cc1ccccc1. The van der Waals surface area contributed by atoms with Crippen LogP contribution in [0.15, 0.2) is 101 Å². The molecule has 0 spiro atoms. The Morgan fingerprint density at radius 3 is 2.10 bits per heavy atom. The van der Waals surface area contributed by atoms with E-state index in [-0.39, 0.29) is 0 Å². The van der Waals surface area contributed by atoms with Crippen LogP contribution in [0.5, 0.6) is 0 Å². The lowest BCUT2D eigenvalue weighted by Gasteiger charge is -2.29. The van der Waals surface area contributed by atoms with Crippen LogP contribution in [0.25, 0.3) is 0 Å². The lowest BCUT2D eigenvalue weighted by atomic mass is 9.79. The summed E-state index contributed by atoms with van der Waals surface area (Å²) in [6.45, 7) is 0. The van der Waals surface area contributed by atoms with Gasteiger partial charge in [-0.25, -0.2) is 4.99 Å². The highest BCUT2D eigenvalue weighted by Crippen LogP contribution is 2.38. The van der Waals surface area contributed by atoms with Crippen LogP contribution in [0.4, 0.5) is 0 Å². The van der Waals surface area contributed by atoms with Crippen molar-refractivity contribution < 1.29 is 4.79 Å². The summed E-state index contributed by atoms with van der Waals surface area (Å²) >= 11 is 0. The van der Waals surface area contributed by atoms with E-state index < -0.39 is 5.54 Å². The average Bonchev–Trinajstić information content (AvgIpc) is 3.24. The Hall–Kier alpha value is -3.33. The van der Waals surface area contributed by atoms with E-state index >= 15 is 0 Å². The van der Waals surface area contributed by atoms with Crippen molar-refractivity contribution in [1.29, 1.82) is 0 Å². The zero-order valence-electron chi connectivity index (χ0n) is 17.1. The maximum atomic E-state index is 12.4. The molecule has 30 heavy (non-hydrogen) atoms. The van der Waals surface area contributed by atoms with Gasteiger partial charge < -0.3 is 0 Å². The normalized spacial score (nSPS) is 17.7. The second-order valence-corrected chi connectivity index (χ2v) is 7.72. The Bertz CT molecular complexity index is 1030. The fourth-order valence-electron chi connectivity index (χ4n) is 4.13. The summed E-state index contributed by atoms with van der Waals surface area (Å²) in [5.74, 6) is 0.293. The molecular formula is C27H26N2O. The van der Waals surface area contributed by atoms with E-state index in [1.165, 1.54) is 0 Å². The summed E-state index contributed by atoms with van der Waals surface area (Å²) in [7, 11) is 0. The Morgan fingerprint density at radius 2 is 1.40 bits per heavy atom. The summed E-state index contributed by atoms with van der Waals surface area (Å²) in [5.41, 5.74) is 3.84. The number of rotatable bonds is 9. The van der Waals surface area contributed by atoms with Gasteiger partial charge in [-0.3, -0.25) is 9.79 Å². The minimum atomic E-state index is -0.481. The number of unbranched alkanes of at least 4 members (excludes halogenated alkanes) is 1. The third-order valence-corrected chi connectivity index (χ3v) is 5.64. The largest absolute Gasteiger partial charge is 0.299 e. The van der Waals surface area contributed by atoms with Crippen LogP contribution in [0.3, 0.4) is 0 Å². The first-order valence-corrected chi connectivity index (χ1v) is 10.6. The monoisotopic (exact) mass is 394 g/mol. The molecule has 0 amide bonds. The Labute approximate surface area is 178 Å². The molecule has 1 aliphatic heterocycles. The number of hydrogen-bond acceptors (Lipinski definition) is 3. The van der Waals surface area contributed by atoms with Crippen LogP contribution in [0, 0.1) is 0 Å². The van der Waals surface area contributed by atoms with Crippen molar-refractivity contribution in [3.63, 3.8) is 0 Å². The third kappa shape index (κ3) is 4.46. The quantitative estimate of drug-likeness (QED) is 0.424. The molecular weight excluding hydrogens is 368 g/mol. The Morgan fingerprint density at radius 1 is 0.767 bits per heavy atom. The molecule has 1 atom stereocenters. The number of Topliss-reactive ketones (excluding diaryl/α,β-unsaturated/α-hetero) is 1. The molecule has 0 aromatic heterocycles. The first-order chi connectivity index (χ1) is 14.8. The van der Waals surface area contributed by atoms with Gasteiger partial charge in [-0.05, 0) is 36.0 Å². The maximum absolute atomic E-state index is 12.4. The van der Waals surface area contributed by atoms with E-state index in [4.69, 9.17) is 4.99 Å². The first-order valence-electron chi connectivity index (χ1n) is 10.6. The van der Waals surface area contributed by atoms with Gasteiger partial charge in [0.05, 0.1) is 5.71 Å². The van der Waals surface area contributed by atoms with Crippen molar-refractivity contribution >= 4 is 17.8 Å². The fourth-order valence-corrected chi connectivity index (χ4v) is 4.13. The molecule has 0 aliphatic carbocycles. The highest BCUT2D eigenvalue weighted by molar-refractivity contribution is 6.13. The van der Waals surface area contributed by atoms with Crippen LogP contribution in [-0.4, -0.2) is 17.8 Å². The molecule has 0 N–H and O–H groups in total. The van der Waals surface area contributed by atoms with E-state index in [0.717, 1.165) is 41.7 Å². The van der Waals surface area contributed by atoms with Crippen LogP contribution < -0.4 is 0 Å². The molecule has 1 aliphatic rings. The van der Waals surface area contributed by atoms with E-state index in [2.05, 4.69) is 41.4 Å². The predicted molar refractivity (Wildman–Crippen MR) is 123 cm³/mol. The van der Waals surface area contributed by atoms with Crippen LogP contribution in [0.2, 0.25) is 0 Å². The number of nitrogens with zero attached hydrogens (tertiary/aromatic N) is 2. The summed E-state index contributed by atoms with van der Waals surface area (Å²) < 4.78 is 0. The maximum Gasteiger partial charge on any atom is 0.137 e. The van der Waals surface area contributed by atoms with Crippen molar-refractivity contribution in [2.24, 2.45) is 9.98 Å². The fraction of sp³-hybridized carbons (Fsp3) is 0.222. The molecule has 3 aromatic rings. The number of carbonyl (C=O) groups excluding carboxylic acids is 1. The van der Waals surface area contributed by atoms with Crippen LogP contribution in [-0.2, 0) is 16.8 Å². The molecule has 3 heteroatoms. The van der Waals surface area contributed by atoms with E-state index in [1.54, 1.807) is 6.34 Å². The minimum Gasteiger partial charge on any atom is -0.299 e. The zero-order chi connectivity index (χ0) is 20.7. The van der Waals surface area contributed by atoms with Crippen molar-refractivity contribution in [3.8, 4) is 0 Å². The van der Waals surface area contributed by atoms with Crippen LogP contribution in [0.1, 0.15) is 42.4 Å². The number of carbonyl (C=O) groups is 1. The highest BCUT2D eigenvalue weighted by atomic mass is 16.1. The van der Waals surface area contributed by atoms with Gasteiger partial charge in [0, 0.05) is 12.8 Å². The van der Waals surface area contributed by atoms with Gasteiger partial charge in [-0.1, -0.05) is 91.0 Å². The molecule has 3 nitrogen and oxygen atoms in total. The van der Waals surface area contributed by atoms with E-state index in [9.17, 15) is 4.79 Å². The van der Waals surface area contributed by atoms with E-state index in [1.807, 2.05) is 54.6 Å². The third-order valence-electron chi connectivity index (χ3n) is 5.64. The lowest BCUT2D eigenvalue weighted by molar-refractivity contribution is -0.118. The lowest BCUT2D eigenvalue weighted by Crippen LogP contribution is -2.32. The van der Waals surface area contributed by atoms with Gasteiger partial charge in [0.1, 0.15) is 17.7 Å². The molecule has 150 valence electrons. The molecule has 0 fully saturated rings. The van der Waals surface area contributed by atoms with Crippen LogP contribution >= 0.6 is 0 Å². The van der Waals surface area contributed by atoms with Crippen molar-refractivity contribution in [1.82, 2.24) is 0 Å². The molecule has 1 heterocycles. The Balaban J connectivity index is 1.45. The second kappa shape index (κ2) is 9.45. The molecule has 0 bridgehead atoms. The molecule has 1 unspecified atom stereocenters. The first kappa shape index (κ1) is 20.0. The molecule has 0 saturated carbocycles. The highest BCUT2D eigenvalue weighted by Gasteiger charge is 2.39. The molecule has 4 rings (SSSR count). The molecule has 3 aromatic carbocycles. The number of aliphatic imine (C=N–C) groups is 2. The van der Waals surface area contributed by atoms with E-state index in [0.29, 0.717) is 18.6 Å². The Kier molecular flexibility index (Phi) is 6.29. The van der Waals surface area contributed by atoms with Gasteiger partial charge >= 0.3 is 0 Å². The summed E-state index contributed by atoms with van der Waals surface area (Å²) in [6, 6.07) is 30.6. The number of ketones is 1. The average molecular weight is 395 g/mol. The summed E-state index contributed by atoms with van der Waals surface area (Å²) in [5, 5.41) is 0. The summed E-state index contributed by atoms with van der Waals surface area (Å²) in [6.07, 6.45) is 5.41. The predicted octanol–water partition coefficient (Wildman–Crippen LogP) is 5.79. The minimum absolute atomic E-state index is 0.293. The van der Waals surface area contributed by atoms with Crippen molar-refractivity contribution in [2.75, 3.05) is 0 Å². The van der Waals surface area contributed by atoms with Crippen molar-refractivity contribution in [3.05, 3.63) is 108 Å². The van der Waals surface area contributed by atoms with Gasteiger partial charge in [0.2, 0.25) is 0 Å². The van der Waals surface area contributed by atoms with Gasteiger partial charge in [0.15, 0.2) is 0 Å². The van der Waals surface area contributed by atoms with Gasteiger partial charge in [0.25, 0.3) is 0 Å². The van der Waals surface area contributed by atoms with Gasteiger partial charge in [-0.15, -0.1) is 0 Å². The van der Waals surface area contributed by atoms with Gasteiger partial charge in [-0.2, -0.15) is 0 Å². The summed E-state index contributed by atoms with van der Waals surface area (Å²) in [4.78, 5) is 21.9. The topological polar surface area (TPSA) is 41.8 Å². The number of benzene rings is 3. The standard InChI is InChI=1S/C27H26N2O/c30-25(20-22-12-4-1-5-13-22)18-10-11-19-27(24-16-8-3-9-17-24)26(28-21-29-27)23-14-6-2-7-15-23/h1-9,12-17,21H,10-11,18-20H2. The zero-order valence-corrected chi connectivity index (χ0v) is 17.1.